The molecule has 0 unspecified atom stereocenters. The number of rotatable bonds is 8. The number of aliphatic carboxylic acids is 1. The van der Waals surface area contributed by atoms with Crippen LogP contribution < -0.4 is 14.2 Å². The molecule has 0 saturated heterocycles. The third-order valence-electron chi connectivity index (χ3n) is 4.65. The molecule has 0 atom stereocenters. The molecule has 1 heterocycles. The molecule has 9 nitrogen and oxygen atoms in total. The summed E-state index contributed by atoms with van der Waals surface area (Å²) in [6.07, 6.45) is 0. The fraction of sp³-hybridized carbons (Fsp3) is 0.263. The maximum atomic E-state index is 13.4. The number of nitrogens with one attached hydrogen (secondary N) is 1. The second-order valence-corrected chi connectivity index (χ2v) is 8.73. The lowest BCUT2D eigenvalue weighted by atomic mass is 10.1. The quantitative estimate of drug-likeness (QED) is 0.602. The average Bonchev–Trinajstić information content (AvgIpc) is 3.04. The van der Waals surface area contributed by atoms with Gasteiger partial charge in [-0.1, -0.05) is 17.7 Å². The van der Waals surface area contributed by atoms with E-state index in [-0.39, 0.29) is 45.6 Å². The molecule has 1 aliphatic rings. The van der Waals surface area contributed by atoms with Crippen LogP contribution in [0.5, 0.6) is 11.5 Å². The summed E-state index contributed by atoms with van der Waals surface area (Å²) in [5.74, 6) is -2.45. The van der Waals surface area contributed by atoms with Gasteiger partial charge in [-0.15, -0.1) is 0 Å². The number of carboxylic acids is 1. The molecular weight excluding hydrogens is 455 g/mol. The lowest BCUT2D eigenvalue weighted by Gasteiger charge is -2.16. The van der Waals surface area contributed by atoms with Crippen LogP contribution in [0, 0.1) is 5.82 Å². The van der Waals surface area contributed by atoms with Crippen molar-refractivity contribution in [3.05, 3.63) is 51.8 Å². The number of methoxy groups -OCH3 is 2. The highest BCUT2D eigenvalue weighted by Crippen LogP contribution is 2.42. The van der Waals surface area contributed by atoms with Crippen molar-refractivity contribution < 1.29 is 37.0 Å². The van der Waals surface area contributed by atoms with E-state index in [1.54, 1.807) is 0 Å². The van der Waals surface area contributed by atoms with Crippen molar-refractivity contribution in [3.63, 3.8) is 0 Å². The van der Waals surface area contributed by atoms with Crippen LogP contribution in [0.1, 0.15) is 21.5 Å². The predicted octanol–water partition coefficient (Wildman–Crippen LogP) is 2.02. The van der Waals surface area contributed by atoms with Gasteiger partial charge >= 0.3 is 5.97 Å². The predicted molar refractivity (Wildman–Crippen MR) is 107 cm³/mol. The van der Waals surface area contributed by atoms with Crippen LogP contribution in [0.3, 0.4) is 0 Å². The molecule has 1 aliphatic heterocycles. The number of carbonyl (C=O) groups is 2. The first-order valence-electron chi connectivity index (χ1n) is 8.81. The number of carbonyl (C=O) groups excluding carboxylic acids is 1. The third-order valence-corrected chi connectivity index (χ3v) is 6.40. The number of ether oxygens (including phenoxy) is 2. The summed E-state index contributed by atoms with van der Waals surface area (Å²) >= 11 is 5.81. The highest BCUT2D eigenvalue weighted by molar-refractivity contribution is 7.89. The van der Waals surface area contributed by atoms with E-state index >= 15 is 0 Å². The molecule has 0 aromatic heterocycles. The Labute approximate surface area is 182 Å². The highest BCUT2D eigenvalue weighted by atomic mass is 35.5. The number of fused-ring (bicyclic) bond motifs is 1. The molecule has 0 bridgehead atoms. The van der Waals surface area contributed by atoms with Crippen molar-refractivity contribution in [2.24, 2.45) is 0 Å². The molecule has 12 heteroatoms. The third kappa shape index (κ3) is 4.43. The smallest absolute Gasteiger partial charge is 0.318 e. The molecule has 1 amide bonds. The van der Waals surface area contributed by atoms with Crippen LogP contribution in [0.15, 0.2) is 29.2 Å². The Bertz CT molecular complexity index is 1170. The van der Waals surface area contributed by atoms with Gasteiger partial charge in [-0.3, -0.25) is 9.59 Å². The zero-order valence-electron chi connectivity index (χ0n) is 16.4. The normalized spacial score (nSPS) is 13.3. The minimum Gasteiger partial charge on any atom is -0.493 e. The number of nitrogens with zero attached hydrogens (tertiary/aromatic N) is 1. The van der Waals surface area contributed by atoms with Crippen LogP contribution in [0.25, 0.3) is 0 Å². The van der Waals surface area contributed by atoms with Crippen LogP contribution in [-0.4, -0.2) is 51.1 Å². The second-order valence-electron chi connectivity index (χ2n) is 6.59. The van der Waals surface area contributed by atoms with Crippen molar-refractivity contribution in [2.45, 2.75) is 18.0 Å². The van der Waals surface area contributed by atoms with E-state index in [0.29, 0.717) is 5.56 Å². The fourth-order valence-corrected chi connectivity index (χ4v) is 4.70. The molecule has 2 aromatic carbocycles. The summed E-state index contributed by atoms with van der Waals surface area (Å²) in [7, 11) is -1.70. The summed E-state index contributed by atoms with van der Waals surface area (Å²) in [6, 6.07) is 5.17. The van der Waals surface area contributed by atoms with Gasteiger partial charge < -0.3 is 19.5 Å². The number of amides is 1. The summed E-state index contributed by atoms with van der Waals surface area (Å²) in [6.45, 7) is -0.912. The molecule has 2 N–H and O–H groups in total. The molecule has 0 fully saturated rings. The minimum atomic E-state index is -4.29. The number of hydrogen-bond acceptors (Lipinski definition) is 6. The first-order valence-corrected chi connectivity index (χ1v) is 10.7. The maximum absolute atomic E-state index is 13.4. The topological polar surface area (TPSA) is 122 Å². The molecule has 31 heavy (non-hydrogen) atoms. The largest absolute Gasteiger partial charge is 0.493 e. The van der Waals surface area contributed by atoms with E-state index in [1.165, 1.54) is 43.4 Å². The van der Waals surface area contributed by atoms with Crippen LogP contribution in [-0.2, 0) is 27.9 Å². The summed E-state index contributed by atoms with van der Waals surface area (Å²) in [5.41, 5.74) is 0.659. The highest BCUT2D eigenvalue weighted by Gasteiger charge is 2.38. The van der Waals surface area contributed by atoms with E-state index in [4.69, 9.17) is 26.2 Å². The summed E-state index contributed by atoms with van der Waals surface area (Å²) < 4.78 is 51.4. The Kier molecular flexibility index (Phi) is 6.39. The second kappa shape index (κ2) is 8.69. The Balaban J connectivity index is 2.07. The Morgan fingerprint density at radius 3 is 2.58 bits per heavy atom. The van der Waals surface area contributed by atoms with E-state index in [9.17, 15) is 22.4 Å². The van der Waals surface area contributed by atoms with Gasteiger partial charge in [-0.05, 0) is 17.7 Å². The number of carboxylic acid groups (broad SMARTS) is 1. The van der Waals surface area contributed by atoms with Gasteiger partial charge in [-0.2, -0.15) is 4.72 Å². The zero-order chi connectivity index (χ0) is 22.9. The van der Waals surface area contributed by atoms with Gasteiger partial charge in [0.05, 0.1) is 29.7 Å². The monoisotopic (exact) mass is 472 g/mol. The van der Waals surface area contributed by atoms with Gasteiger partial charge in [0.1, 0.15) is 12.4 Å². The molecule has 0 saturated carbocycles. The van der Waals surface area contributed by atoms with Gasteiger partial charge in [-0.25, -0.2) is 12.8 Å². The first kappa shape index (κ1) is 22.8. The van der Waals surface area contributed by atoms with Crippen molar-refractivity contribution in [3.8, 4) is 11.5 Å². The number of benzene rings is 2. The van der Waals surface area contributed by atoms with Crippen LogP contribution in [0.2, 0.25) is 5.02 Å². The number of sulfonamides is 1. The van der Waals surface area contributed by atoms with Gasteiger partial charge in [0, 0.05) is 24.7 Å². The van der Waals surface area contributed by atoms with E-state index < -0.39 is 34.3 Å². The van der Waals surface area contributed by atoms with Crippen molar-refractivity contribution >= 4 is 33.5 Å². The van der Waals surface area contributed by atoms with E-state index in [0.717, 1.165) is 0 Å². The Morgan fingerprint density at radius 1 is 1.29 bits per heavy atom. The molecule has 0 radical (unpaired) electrons. The first-order chi connectivity index (χ1) is 14.6. The lowest BCUT2D eigenvalue weighted by molar-refractivity contribution is -0.135. The zero-order valence-corrected chi connectivity index (χ0v) is 18.0. The van der Waals surface area contributed by atoms with Crippen molar-refractivity contribution in [2.75, 3.05) is 20.8 Å². The minimum absolute atomic E-state index is 0.00280. The van der Waals surface area contributed by atoms with Gasteiger partial charge in [0.15, 0.2) is 11.5 Å². The van der Waals surface area contributed by atoms with Gasteiger partial charge in [0.2, 0.25) is 10.0 Å². The van der Waals surface area contributed by atoms with E-state index in [2.05, 4.69) is 0 Å². The lowest BCUT2D eigenvalue weighted by Crippen LogP contribution is -2.30. The molecule has 0 spiro atoms. The molecule has 2 aromatic rings. The average molecular weight is 473 g/mol. The van der Waals surface area contributed by atoms with Crippen molar-refractivity contribution in [1.82, 2.24) is 9.62 Å². The van der Waals surface area contributed by atoms with Crippen LogP contribution >= 0.6 is 11.6 Å². The van der Waals surface area contributed by atoms with E-state index in [1.807, 2.05) is 4.72 Å². The Morgan fingerprint density at radius 2 is 2.00 bits per heavy atom. The fourth-order valence-electron chi connectivity index (χ4n) is 3.27. The molecule has 0 aliphatic carbocycles. The number of halogens is 2. The standard InChI is InChI=1S/C19H18ClFN2O7S/c1-29-14-6-15(31(27,28)22-7-16(24)25)11-9-23(19(26)17(11)18(14)30-2)8-10-3-4-13(21)12(20)5-10/h3-6,22H,7-9H2,1-2H3,(H,24,25). The summed E-state index contributed by atoms with van der Waals surface area (Å²) in [5, 5.41) is 8.71. The summed E-state index contributed by atoms with van der Waals surface area (Å²) in [4.78, 5) is 25.0. The molecular formula is C19H18ClFN2O7S. The molecule has 3 rings (SSSR count). The SMILES string of the molecule is COc1cc(S(=O)(=O)NCC(=O)O)c2c(c1OC)C(=O)N(Cc1ccc(F)c(Cl)c1)C2. The Hall–Kier alpha value is -2.89. The maximum Gasteiger partial charge on any atom is 0.318 e. The number of hydrogen-bond donors (Lipinski definition) is 2. The molecule has 166 valence electrons. The van der Waals surface area contributed by atoms with Crippen LogP contribution in [0.4, 0.5) is 4.39 Å². The van der Waals surface area contributed by atoms with Gasteiger partial charge in [0.25, 0.3) is 5.91 Å². The van der Waals surface area contributed by atoms with Crippen molar-refractivity contribution in [1.29, 1.82) is 0 Å².